The van der Waals surface area contributed by atoms with Gasteiger partial charge in [0.15, 0.2) is 5.82 Å². The molecule has 0 radical (unpaired) electrons. The van der Waals surface area contributed by atoms with Crippen molar-refractivity contribution in [1.29, 1.82) is 0 Å². The predicted molar refractivity (Wildman–Crippen MR) is 55.8 cm³/mol. The second-order valence-corrected chi connectivity index (χ2v) is 4.28. The lowest BCUT2D eigenvalue weighted by molar-refractivity contribution is 0.406. The van der Waals surface area contributed by atoms with Crippen LogP contribution in [0.1, 0.15) is 24.2 Å². The molecule has 1 heterocycles. The third-order valence-corrected chi connectivity index (χ3v) is 3.19. The fraction of sp³-hybridized carbons (Fsp3) is 0.273. The Kier molecular flexibility index (Phi) is 1.83. The zero-order valence-corrected chi connectivity index (χ0v) is 8.74. The first kappa shape index (κ1) is 8.92. The first-order valence-corrected chi connectivity index (χ1v) is 5.22. The summed E-state index contributed by atoms with van der Waals surface area (Å²) in [6, 6.07) is 7.87. The summed E-state index contributed by atoms with van der Waals surface area (Å²) in [7, 11) is 0. The Morgan fingerprint density at radius 3 is 2.47 bits per heavy atom. The molecule has 0 unspecified atom stereocenters. The van der Waals surface area contributed by atoms with E-state index in [0.717, 1.165) is 23.7 Å². The maximum Gasteiger partial charge on any atom is 0.213 e. The third kappa shape index (κ3) is 1.35. The van der Waals surface area contributed by atoms with Gasteiger partial charge in [-0.2, -0.15) is 4.98 Å². The van der Waals surface area contributed by atoms with E-state index in [0.29, 0.717) is 0 Å². The lowest BCUT2D eigenvalue weighted by atomic mass is 9.95. The molecule has 0 spiro atoms. The molecule has 1 aromatic carbocycles. The first-order valence-electron chi connectivity index (χ1n) is 4.84. The van der Waals surface area contributed by atoms with Gasteiger partial charge in [-0.05, 0) is 30.5 Å². The minimum atomic E-state index is -0.0163. The molecule has 1 aromatic heterocycles. The Balaban J connectivity index is 2.04. The van der Waals surface area contributed by atoms with Crippen LogP contribution >= 0.6 is 11.6 Å². The third-order valence-electron chi connectivity index (χ3n) is 2.94. The summed E-state index contributed by atoms with van der Waals surface area (Å²) >= 11 is 5.86. The van der Waals surface area contributed by atoms with Crippen molar-refractivity contribution in [2.45, 2.75) is 18.3 Å². The fourth-order valence-corrected chi connectivity index (χ4v) is 2.04. The number of hydrogen-bond donors (Lipinski definition) is 0. The van der Waals surface area contributed by atoms with Crippen molar-refractivity contribution < 1.29 is 4.52 Å². The number of nitrogens with zero attached hydrogens (tertiary/aromatic N) is 2. The van der Waals surface area contributed by atoms with Crippen LogP contribution in [0.4, 0.5) is 0 Å². The van der Waals surface area contributed by atoms with E-state index in [9.17, 15) is 0 Å². The van der Waals surface area contributed by atoms with Gasteiger partial charge in [0.25, 0.3) is 0 Å². The SMILES string of the molecule is Clc1ccc(C2(c3ncon3)CC2)cc1. The van der Waals surface area contributed by atoms with Gasteiger partial charge < -0.3 is 4.52 Å². The van der Waals surface area contributed by atoms with Crippen LogP contribution in [0, 0.1) is 0 Å². The second kappa shape index (κ2) is 3.07. The van der Waals surface area contributed by atoms with Crippen LogP contribution in [0.3, 0.4) is 0 Å². The van der Waals surface area contributed by atoms with E-state index in [1.54, 1.807) is 0 Å². The zero-order valence-electron chi connectivity index (χ0n) is 7.98. The Morgan fingerprint density at radius 2 is 1.93 bits per heavy atom. The van der Waals surface area contributed by atoms with Crippen molar-refractivity contribution >= 4 is 11.6 Å². The molecule has 0 N–H and O–H groups in total. The van der Waals surface area contributed by atoms with Gasteiger partial charge in [-0.1, -0.05) is 28.9 Å². The molecule has 3 rings (SSSR count). The van der Waals surface area contributed by atoms with Gasteiger partial charge in [0.1, 0.15) is 0 Å². The highest BCUT2D eigenvalue weighted by molar-refractivity contribution is 6.30. The summed E-state index contributed by atoms with van der Waals surface area (Å²) in [5.74, 6) is 0.782. The molecule has 1 aliphatic carbocycles. The molecule has 4 heteroatoms. The number of aromatic nitrogens is 2. The standard InChI is InChI=1S/C11H9ClN2O/c12-9-3-1-8(2-4-9)11(5-6-11)10-13-7-15-14-10/h1-4,7H,5-6H2. The molecule has 0 saturated heterocycles. The number of halogens is 1. The summed E-state index contributed by atoms with van der Waals surface area (Å²) in [5.41, 5.74) is 1.20. The van der Waals surface area contributed by atoms with Crippen LogP contribution in [-0.2, 0) is 5.41 Å². The van der Waals surface area contributed by atoms with Gasteiger partial charge in [-0.25, -0.2) is 0 Å². The molecule has 1 aliphatic rings. The zero-order chi connectivity index (χ0) is 10.3. The maximum atomic E-state index is 5.86. The van der Waals surface area contributed by atoms with Crippen LogP contribution in [0.2, 0.25) is 5.02 Å². The highest BCUT2D eigenvalue weighted by atomic mass is 35.5. The van der Waals surface area contributed by atoms with Crippen LogP contribution in [0.5, 0.6) is 0 Å². The molecule has 0 amide bonds. The van der Waals surface area contributed by atoms with Crippen molar-refractivity contribution in [3.8, 4) is 0 Å². The van der Waals surface area contributed by atoms with E-state index in [4.69, 9.17) is 16.1 Å². The lowest BCUT2D eigenvalue weighted by Gasteiger charge is -2.10. The van der Waals surface area contributed by atoms with Gasteiger partial charge >= 0.3 is 0 Å². The van der Waals surface area contributed by atoms with Crippen molar-refractivity contribution in [2.75, 3.05) is 0 Å². The van der Waals surface area contributed by atoms with Crippen LogP contribution < -0.4 is 0 Å². The van der Waals surface area contributed by atoms with Crippen LogP contribution in [-0.4, -0.2) is 10.1 Å². The van der Waals surface area contributed by atoms with E-state index >= 15 is 0 Å². The number of benzene rings is 1. The normalized spacial score (nSPS) is 17.7. The highest BCUT2D eigenvalue weighted by Crippen LogP contribution is 2.52. The molecule has 1 saturated carbocycles. The van der Waals surface area contributed by atoms with Crippen LogP contribution in [0.15, 0.2) is 35.2 Å². The minimum Gasteiger partial charge on any atom is -0.343 e. The van der Waals surface area contributed by atoms with Gasteiger partial charge in [-0.15, -0.1) is 0 Å². The minimum absolute atomic E-state index is 0.0163. The Hall–Kier alpha value is -1.35. The summed E-state index contributed by atoms with van der Waals surface area (Å²) < 4.78 is 4.80. The van der Waals surface area contributed by atoms with E-state index < -0.39 is 0 Å². The van der Waals surface area contributed by atoms with Gasteiger partial charge in [0.2, 0.25) is 6.39 Å². The lowest BCUT2D eigenvalue weighted by Crippen LogP contribution is -2.10. The van der Waals surface area contributed by atoms with Crippen molar-refractivity contribution in [1.82, 2.24) is 10.1 Å². The molecular weight excluding hydrogens is 212 g/mol. The molecule has 0 aliphatic heterocycles. The molecule has 15 heavy (non-hydrogen) atoms. The first-order chi connectivity index (χ1) is 7.31. The van der Waals surface area contributed by atoms with Crippen molar-refractivity contribution in [3.05, 3.63) is 47.1 Å². The molecule has 0 bridgehead atoms. The molecule has 2 aromatic rings. The Morgan fingerprint density at radius 1 is 1.20 bits per heavy atom. The smallest absolute Gasteiger partial charge is 0.213 e. The van der Waals surface area contributed by atoms with Crippen molar-refractivity contribution in [2.24, 2.45) is 0 Å². The van der Waals surface area contributed by atoms with E-state index in [1.165, 1.54) is 12.0 Å². The predicted octanol–water partition coefficient (Wildman–Crippen LogP) is 2.80. The molecular formula is C11H9ClN2O. The maximum absolute atomic E-state index is 5.86. The van der Waals surface area contributed by atoms with Crippen molar-refractivity contribution in [3.63, 3.8) is 0 Å². The van der Waals surface area contributed by atoms with Gasteiger partial charge in [-0.3, -0.25) is 0 Å². The summed E-state index contributed by atoms with van der Waals surface area (Å²) in [5, 5.41) is 4.68. The number of rotatable bonds is 2. The molecule has 3 nitrogen and oxygen atoms in total. The molecule has 0 atom stereocenters. The van der Waals surface area contributed by atoms with E-state index in [2.05, 4.69) is 10.1 Å². The highest BCUT2D eigenvalue weighted by Gasteiger charge is 2.49. The van der Waals surface area contributed by atoms with Gasteiger partial charge in [0.05, 0.1) is 5.41 Å². The number of hydrogen-bond acceptors (Lipinski definition) is 3. The van der Waals surface area contributed by atoms with E-state index in [-0.39, 0.29) is 5.41 Å². The molecule has 76 valence electrons. The average molecular weight is 221 g/mol. The van der Waals surface area contributed by atoms with Gasteiger partial charge in [0, 0.05) is 5.02 Å². The topological polar surface area (TPSA) is 38.9 Å². The van der Waals surface area contributed by atoms with E-state index in [1.807, 2.05) is 24.3 Å². The summed E-state index contributed by atoms with van der Waals surface area (Å²) in [4.78, 5) is 4.14. The monoisotopic (exact) mass is 220 g/mol. The Labute approximate surface area is 92.1 Å². The average Bonchev–Trinajstić information content (AvgIpc) is 2.88. The second-order valence-electron chi connectivity index (χ2n) is 3.84. The summed E-state index contributed by atoms with van der Waals surface area (Å²) in [6.07, 6.45) is 3.54. The molecule has 1 fully saturated rings. The quantitative estimate of drug-likeness (QED) is 0.781. The fourth-order valence-electron chi connectivity index (χ4n) is 1.92. The largest absolute Gasteiger partial charge is 0.343 e. The summed E-state index contributed by atoms with van der Waals surface area (Å²) in [6.45, 7) is 0. The van der Waals surface area contributed by atoms with Crippen LogP contribution in [0.25, 0.3) is 0 Å². The Bertz CT molecular complexity index is 460.